The fourth-order valence-electron chi connectivity index (χ4n) is 6.95. The van der Waals surface area contributed by atoms with Crippen LogP contribution in [0.25, 0.3) is 0 Å². The second-order valence-corrected chi connectivity index (χ2v) is 12.1. The molecule has 0 saturated heterocycles. The minimum atomic E-state index is -4.34. The van der Waals surface area contributed by atoms with Gasteiger partial charge in [0.25, 0.3) is 0 Å². The summed E-state index contributed by atoms with van der Waals surface area (Å²) >= 11 is 0. The highest BCUT2D eigenvalue weighted by atomic mass is 32.2. The second-order valence-electron chi connectivity index (χ2n) is 9.73. The van der Waals surface area contributed by atoms with Crippen LogP contribution in [0.15, 0.2) is 30.9 Å². The Bertz CT molecular complexity index is 1100. The Labute approximate surface area is 184 Å². The quantitative estimate of drug-likeness (QED) is 0.373. The van der Waals surface area contributed by atoms with Crippen molar-refractivity contribution in [2.24, 2.45) is 17.3 Å². The van der Waals surface area contributed by atoms with Crippen LogP contribution in [0, 0.1) is 17.3 Å². The summed E-state index contributed by atoms with van der Waals surface area (Å²) in [5.41, 5.74) is 2.47. The lowest BCUT2D eigenvalue weighted by atomic mass is 9.48. The first-order valence-electron chi connectivity index (χ1n) is 10.6. The normalized spacial score (nSPS) is 35.0. The van der Waals surface area contributed by atoms with Crippen molar-refractivity contribution in [1.29, 1.82) is 0 Å². The zero-order valence-corrected chi connectivity index (χ0v) is 19.2. The van der Waals surface area contributed by atoms with Crippen molar-refractivity contribution < 1.29 is 25.9 Å². The Morgan fingerprint density at radius 2 is 1.90 bits per heavy atom. The molecule has 5 atom stereocenters. The Kier molecular flexibility index (Phi) is 5.54. The van der Waals surface area contributed by atoms with E-state index in [-0.39, 0.29) is 16.9 Å². The van der Waals surface area contributed by atoms with Crippen LogP contribution >= 0.6 is 0 Å². The van der Waals surface area contributed by atoms with Gasteiger partial charge >= 0.3 is 20.6 Å². The number of allylic oxidation sites excluding steroid dienone is 1. The van der Waals surface area contributed by atoms with Gasteiger partial charge < -0.3 is 0 Å². The van der Waals surface area contributed by atoms with Crippen molar-refractivity contribution in [1.82, 2.24) is 4.72 Å². The summed E-state index contributed by atoms with van der Waals surface area (Å²) in [5, 5.41) is 0. The first-order chi connectivity index (χ1) is 14.4. The molecular weight excluding hydrogens is 440 g/mol. The average molecular weight is 471 g/mol. The van der Waals surface area contributed by atoms with Crippen molar-refractivity contribution in [2.45, 2.75) is 63.3 Å². The fraction of sp³-hybridized carbons (Fsp3) is 0.619. The third-order valence-electron chi connectivity index (χ3n) is 7.92. The minimum Gasteiger partial charge on any atom is -0.273 e. The molecule has 2 saturated carbocycles. The van der Waals surface area contributed by atoms with E-state index in [0.717, 1.165) is 37.7 Å². The van der Waals surface area contributed by atoms with E-state index in [1.165, 1.54) is 5.56 Å². The van der Waals surface area contributed by atoms with E-state index >= 15 is 0 Å². The van der Waals surface area contributed by atoms with Crippen LogP contribution in [0.3, 0.4) is 0 Å². The molecule has 3 aliphatic carbocycles. The number of anilines is 1. The minimum absolute atomic E-state index is 0.00165. The maximum atomic E-state index is 11.4. The number of nitrogens with one attached hydrogen (secondary N) is 2. The first kappa shape index (κ1) is 22.7. The summed E-state index contributed by atoms with van der Waals surface area (Å²) in [6, 6.07) is 5.18. The van der Waals surface area contributed by atoms with Crippen molar-refractivity contribution in [3.8, 4) is 0 Å². The molecule has 0 radical (unpaired) electrons. The number of benzene rings is 1. The van der Waals surface area contributed by atoms with Crippen molar-refractivity contribution in [3.63, 3.8) is 0 Å². The van der Waals surface area contributed by atoms with Crippen LogP contribution in [-0.4, -0.2) is 32.0 Å². The predicted molar refractivity (Wildman–Crippen MR) is 118 cm³/mol. The van der Waals surface area contributed by atoms with Crippen LogP contribution in [0.1, 0.15) is 56.6 Å². The van der Waals surface area contributed by atoms with E-state index in [0.29, 0.717) is 30.4 Å². The van der Waals surface area contributed by atoms with Gasteiger partial charge in [-0.1, -0.05) is 19.1 Å². The SMILES string of the molecule is C=CC[C@]12CC[C@]3(C)C[C@H](NS(=O)(=O)O)C[C@H]3[C@@H]1CCc1cc(NS(=O)(=O)O)ccc12. The van der Waals surface area contributed by atoms with Crippen molar-refractivity contribution in [3.05, 3.63) is 42.0 Å². The molecule has 4 N–H and O–H groups in total. The van der Waals surface area contributed by atoms with Gasteiger partial charge in [-0.2, -0.15) is 21.6 Å². The highest BCUT2D eigenvalue weighted by Gasteiger charge is 2.58. The van der Waals surface area contributed by atoms with Gasteiger partial charge in [0.1, 0.15) is 0 Å². The molecular formula is C21H30N2O6S2. The van der Waals surface area contributed by atoms with E-state index in [1.807, 2.05) is 12.1 Å². The molecule has 0 amide bonds. The molecule has 2 fully saturated rings. The van der Waals surface area contributed by atoms with Gasteiger partial charge in [-0.25, -0.2) is 0 Å². The van der Waals surface area contributed by atoms with Gasteiger partial charge in [-0.3, -0.25) is 13.8 Å². The summed E-state index contributed by atoms with van der Waals surface area (Å²) in [7, 11) is -8.58. The van der Waals surface area contributed by atoms with E-state index in [4.69, 9.17) is 4.55 Å². The second kappa shape index (κ2) is 7.55. The van der Waals surface area contributed by atoms with Crippen LogP contribution in [0.5, 0.6) is 0 Å². The number of aryl methyl sites for hydroxylation is 1. The number of hydrogen-bond donors (Lipinski definition) is 4. The lowest BCUT2D eigenvalue weighted by Crippen LogP contribution is -2.50. The molecule has 8 nitrogen and oxygen atoms in total. The molecule has 1 aromatic rings. The molecule has 0 unspecified atom stereocenters. The lowest BCUT2D eigenvalue weighted by Gasteiger charge is -2.56. The van der Waals surface area contributed by atoms with Crippen molar-refractivity contribution in [2.75, 3.05) is 4.72 Å². The molecule has 0 aliphatic heterocycles. The maximum absolute atomic E-state index is 11.4. The predicted octanol–water partition coefficient (Wildman–Crippen LogP) is 3.25. The van der Waals surface area contributed by atoms with Crippen LogP contribution in [-0.2, 0) is 32.4 Å². The summed E-state index contributed by atoms with van der Waals surface area (Å²) in [6.07, 6.45) is 7.71. The average Bonchev–Trinajstić information content (AvgIpc) is 2.94. The smallest absolute Gasteiger partial charge is 0.273 e. The Morgan fingerprint density at radius 3 is 2.55 bits per heavy atom. The zero-order chi connectivity index (χ0) is 22.7. The molecule has 172 valence electrons. The maximum Gasteiger partial charge on any atom is 0.357 e. The van der Waals surface area contributed by atoms with Crippen LogP contribution < -0.4 is 9.44 Å². The molecule has 31 heavy (non-hydrogen) atoms. The fourth-order valence-corrected chi connectivity index (χ4v) is 7.97. The van der Waals surface area contributed by atoms with Gasteiger partial charge in [-0.05, 0) is 85.5 Å². The van der Waals surface area contributed by atoms with Gasteiger partial charge in [0.2, 0.25) is 0 Å². The molecule has 10 heteroatoms. The van der Waals surface area contributed by atoms with E-state index in [1.54, 1.807) is 12.1 Å². The van der Waals surface area contributed by atoms with Gasteiger partial charge in [0.15, 0.2) is 0 Å². The van der Waals surface area contributed by atoms with Gasteiger partial charge in [0, 0.05) is 11.5 Å². The summed E-state index contributed by atoms with van der Waals surface area (Å²) in [6.45, 7) is 6.23. The lowest BCUT2D eigenvalue weighted by molar-refractivity contribution is 0.00652. The number of rotatable bonds is 6. The highest BCUT2D eigenvalue weighted by Crippen LogP contribution is 2.64. The third kappa shape index (κ3) is 4.28. The van der Waals surface area contributed by atoms with E-state index in [2.05, 4.69) is 22.9 Å². The topological polar surface area (TPSA) is 133 Å². The van der Waals surface area contributed by atoms with E-state index < -0.39 is 20.6 Å². The highest BCUT2D eigenvalue weighted by molar-refractivity contribution is 7.87. The van der Waals surface area contributed by atoms with Gasteiger partial charge in [0.05, 0.1) is 5.69 Å². The molecule has 0 bridgehead atoms. The molecule has 0 heterocycles. The van der Waals surface area contributed by atoms with Crippen molar-refractivity contribution >= 4 is 26.3 Å². The van der Waals surface area contributed by atoms with E-state index in [9.17, 15) is 21.4 Å². The molecule has 1 aromatic carbocycles. The third-order valence-corrected chi connectivity index (χ3v) is 9.05. The summed E-state index contributed by atoms with van der Waals surface area (Å²) in [4.78, 5) is 0. The van der Waals surface area contributed by atoms with Crippen LogP contribution in [0.4, 0.5) is 5.69 Å². The Hall–Kier alpha value is -1.46. The van der Waals surface area contributed by atoms with Gasteiger partial charge in [-0.15, -0.1) is 6.58 Å². The monoisotopic (exact) mass is 470 g/mol. The zero-order valence-electron chi connectivity index (χ0n) is 17.5. The number of fused-ring (bicyclic) bond motifs is 5. The molecule has 0 spiro atoms. The Balaban J connectivity index is 1.70. The largest absolute Gasteiger partial charge is 0.357 e. The molecule has 3 aliphatic rings. The summed E-state index contributed by atoms with van der Waals surface area (Å²) < 4.78 is 68.2. The van der Waals surface area contributed by atoms with Crippen LogP contribution in [0.2, 0.25) is 0 Å². The molecule has 0 aromatic heterocycles. The molecule has 4 rings (SSSR count). The Morgan fingerprint density at radius 1 is 1.16 bits per heavy atom. The standard InChI is InChI=1S/C21H30N2O6S2/c1-3-8-21-10-9-20(2)13-16(23-31(27,28)29)12-19(20)18(21)6-4-14-11-15(5-7-17(14)21)22-30(24,25)26/h3,5,7,11,16,18-19,22-23H,1,4,6,8-10,12-13H2,2H3,(H,24,25,26)(H,27,28,29)/t16-,18+,19+,20-,21-/m1/s1. The first-order valence-corrected chi connectivity index (χ1v) is 13.5. The number of hydrogen-bond acceptors (Lipinski definition) is 4. The summed E-state index contributed by atoms with van der Waals surface area (Å²) in [5.74, 6) is 0.648.